The normalized spacial score (nSPS) is 14.8. The fraction of sp³-hybridized carbons (Fsp3) is 0.737. The Bertz CT molecular complexity index is 429. The smallest absolute Gasteiger partial charge is 0.305 e. The molecule has 1 heterocycles. The lowest BCUT2D eigenvalue weighted by atomic mass is 10.0. The Morgan fingerprint density at radius 1 is 1.09 bits per heavy atom. The van der Waals surface area contributed by atoms with E-state index in [9.17, 15) is 4.79 Å². The molecule has 1 aliphatic heterocycles. The van der Waals surface area contributed by atoms with E-state index in [4.69, 9.17) is 6.42 Å². The van der Waals surface area contributed by atoms with Gasteiger partial charge < -0.3 is 4.74 Å². The SMILES string of the molecule is C#CCCC1(C/C=C/CCCCCCCCCC(=O)OC)N=N1. The quantitative estimate of drug-likeness (QED) is 0.191. The zero-order valence-corrected chi connectivity index (χ0v) is 14.4. The zero-order valence-electron chi connectivity index (χ0n) is 14.4. The number of hydrogen-bond acceptors (Lipinski definition) is 4. The molecule has 0 radical (unpaired) electrons. The highest BCUT2D eigenvalue weighted by molar-refractivity contribution is 5.68. The molecule has 128 valence electrons. The van der Waals surface area contributed by atoms with Crippen molar-refractivity contribution in [3.63, 3.8) is 0 Å². The average Bonchev–Trinajstić information content (AvgIpc) is 3.34. The van der Waals surface area contributed by atoms with Crippen molar-refractivity contribution in [1.82, 2.24) is 0 Å². The number of rotatable bonds is 14. The molecule has 1 rings (SSSR count). The van der Waals surface area contributed by atoms with E-state index in [-0.39, 0.29) is 11.6 Å². The summed E-state index contributed by atoms with van der Waals surface area (Å²) in [5.41, 5.74) is -0.174. The van der Waals surface area contributed by atoms with Crippen LogP contribution in [-0.2, 0) is 9.53 Å². The molecule has 4 heteroatoms. The van der Waals surface area contributed by atoms with Crippen LogP contribution in [0.25, 0.3) is 0 Å². The molecule has 0 bridgehead atoms. The van der Waals surface area contributed by atoms with E-state index in [1.165, 1.54) is 39.2 Å². The van der Waals surface area contributed by atoms with Crippen molar-refractivity contribution in [2.45, 2.75) is 82.7 Å². The van der Waals surface area contributed by atoms with Gasteiger partial charge in [-0.15, -0.1) is 12.3 Å². The van der Waals surface area contributed by atoms with Gasteiger partial charge in [0.15, 0.2) is 5.66 Å². The molecule has 1 aliphatic rings. The number of ether oxygens (including phenoxy) is 1. The van der Waals surface area contributed by atoms with Gasteiger partial charge in [-0.1, -0.05) is 44.3 Å². The lowest BCUT2D eigenvalue weighted by molar-refractivity contribution is -0.140. The van der Waals surface area contributed by atoms with Crippen LogP contribution in [-0.4, -0.2) is 18.7 Å². The van der Waals surface area contributed by atoms with Crippen LogP contribution in [0.3, 0.4) is 0 Å². The molecule has 0 saturated heterocycles. The maximum Gasteiger partial charge on any atom is 0.305 e. The van der Waals surface area contributed by atoms with Gasteiger partial charge in [-0.2, -0.15) is 10.2 Å². The highest BCUT2D eigenvalue weighted by atomic mass is 16.5. The van der Waals surface area contributed by atoms with E-state index in [0.717, 1.165) is 38.5 Å². The van der Waals surface area contributed by atoms with E-state index in [1.807, 2.05) is 0 Å². The number of nitrogens with zero attached hydrogens (tertiary/aromatic N) is 2. The molecular weight excluding hydrogens is 288 g/mol. The summed E-state index contributed by atoms with van der Waals surface area (Å²) < 4.78 is 4.62. The van der Waals surface area contributed by atoms with E-state index in [2.05, 4.69) is 33.0 Å². The molecule has 0 atom stereocenters. The Labute approximate surface area is 140 Å². The first-order valence-corrected chi connectivity index (χ1v) is 8.82. The van der Waals surface area contributed by atoms with Crippen LogP contribution in [0.15, 0.2) is 22.4 Å². The number of unbranched alkanes of at least 4 members (excludes halogenated alkanes) is 7. The number of carbonyl (C=O) groups excluding carboxylic acids is 1. The van der Waals surface area contributed by atoms with Gasteiger partial charge in [0, 0.05) is 25.7 Å². The summed E-state index contributed by atoms with van der Waals surface area (Å²) in [7, 11) is 1.45. The maximum atomic E-state index is 10.9. The van der Waals surface area contributed by atoms with Gasteiger partial charge in [-0.05, 0) is 19.3 Å². The molecule has 0 aromatic heterocycles. The van der Waals surface area contributed by atoms with Crippen LogP contribution in [0.5, 0.6) is 0 Å². The molecule has 0 fully saturated rings. The zero-order chi connectivity index (χ0) is 16.8. The van der Waals surface area contributed by atoms with Crippen molar-refractivity contribution in [2.75, 3.05) is 7.11 Å². The lowest BCUT2D eigenvalue weighted by Crippen LogP contribution is -2.08. The second kappa shape index (κ2) is 11.9. The highest BCUT2D eigenvalue weighted by Crippen LogP contribution is 2.36. The molecular formula is C19H30N2O2. The first kappa shape index (κ1) is 19.4. The third-order valence-corrected chi connectivity index (χ3v) is 4.14. The number of carbonyl (C=O) groups is 1. The van der Waals surface area contributed by atoms with Gasteiger partial charge in [0.05, 0.1) is 7.11 Å². The lowest BCUT2D eigenvalue weighted by Gasteiger charge is -2.04. The Kier molecular flexibility index (Phi) is 10.0. The molecule has 4 nitrogen and oxygen atoms in total. The predicted octanol–water partition coefficient (Wildman–Crippen LogP) is 5.19. The second-order valence-corrected chi connectivity index (χ2v) is 6.15. The van der Waals surface area contributed by atoms with E-state index < -0.39 is 0 Å². The molecule has 0 aromatic rings. The van der Waals surface area contributed by atoms with Crippen molar-refractivity contribution < 1.29 is 9.53 Å². The van der Waals surface area contributed by atoms with Crippen LogP contribution >= 0.6 is 0 Å². The minimum absolute atomic E-state index is 0.0929. The van der Waals surface area contributed by atoms with Gasteiger partial charge in [0.25, 0.3) is 0 Å². The van der Waals surface area contributed by atoms with Crippen LogP contribution in [0.4, 0.5) is 0 Å². The van der Waals surface area contributed by atoms with Crippen LogP contribution in [0.1, 0.15) is 77.0 Å². The van der Waals surface area contributed by atoms with Gasteiger partial charge in [0.2, 0.25) is 0 Å². The summed E-state index contributed by atoms with van der Waals surface area (Å²) in [4.78, 5) is 10.9. The summed E-state index contributed by atoms with van der Waals surface area (Å²) >= 11 is 0. The molecule has 23 heavy (non-hydrogen) atoms. The number of hydrogen-bond donors (Lipinski definition) is 0. The Morgan fingerprint density at radius 3 is 2.35 bits per heavy atom. The molecule has 0 aliphatic carbocycles. The average molecular weight is 318 g/mol. The van der Waals surface area contributed by atoms with Gasteiger partial charge in [0.1, 0.15) is 0 Å². The topological polar surface area (TPSA) is 51.0 Å². The molecule has 0 aromatic carbocycles. The summed E-state index contributed by atoms with van der Waals surface area (Å²) in [6.07, 6.45) is 22.3. The molecule has 0 saturated carbocycles. The minimum Gasteiger partial charge on any atom is -0.469 e. The van der Waals surface area contributed by atoms with Crippen LogP contribution in [0.2, 0.25) is 0 Å². The fourth-order valence-electron chi connectivity index (χ4n) is 2.53. The third kappa shape index (κ3) is 9.89. The summed E-state index contributed by atoms with van der Waals surface area (Å²) in [6, 6.07) is 0. The first-order valence-electron chi connectivity index (χ1n) is 8.82. The van der Waals surface area contributed by atoms with Crippen molar-refractivity contribution in [3.8, 4) is 12.3 Å². The Hall–Kier alpha value is -1.63. The fourth-order valence-corrected chi connectivity index (χ4v) is 2.53. The van der Waals surface area contributed by atoms with Crippen molar-refractivity contribution in [1.29, 1.82) is 0 Å². The molecule has 0 amide bonds. The number of allylic oxidation sites excluding steroid dienone is 1. The maximum absolute atomic E-state index is 10.9. The van der Waals surface area contributed by atoms with Crippen molar-refractivity contribution in [2.24, 2.45) is 10.2 Å². The first-order chi connectivity index (χ1) is 11.2. The van der Waals surface area contributed by atoms with E-state index in [1.54, 1.807) is 0 Å². The van der Waals surface area contributed by atoms with Crippen LogP contribution < -0.4 is 0 Å². The monoisotopic (exact) mass is 318 g/mol. The van der Waals surface area contributed by atoms with Crippen LogP contribution in [0, 0.1) is 12.3 Å². The second-order valence-electron chi connectivity index (χ2n) is 6.15. The molecule has 0 spiro atoms. The third-order valence-electron chi connectivity index (χ3n) is 4.14. The van der Waals surface area contributed by atoms with Crippen molar-refractivity contribution >= 4 is 5.97 Å². The number of terminal acetylenes is 1. The van der Waals surface area contributed by atoms with E-state index >= 15 is 0 Å². The molecule has 0 unspecified atom stereocenters. The largest absolute Gasteiger partial charge is 0.469 e. The Balaban J connectivity index is 1.84. The number of methoxy groups -OCH3 is 1. The summed E-state index contributed by atoms with van der Waals surface area (Å²) in [6.45, 7) is 0. The minimum atomic E-state index is -0.174. The summed E-state index contributed by atoms with van der Waals surface area (Å²) in [5.74, 6) is 2.56. The number of esters is 1. The van der Waals surface area contributed by atoms with Gasteiger partial charge in [-0.25, -0.2) is 0 Å². The standard InChI is InChI=1S/C19H30N2O2/c1-3-4-16-19(20-21-19)17-14-12-10-8-6-5-7-9-11-13-15-18(22)23-2/h1,12,14H,4-11,13,15-17H2,2H3/b14-12+. The Morgan fingerprint density at radius 2 is 1.74 bits per heavy atom. The highest BCUT2D eigenvalue weighted by Gasteiger charge is 2.37. The van der Waals surface area contributed by atoms with Crippen molar-refractivity contribution in [3.05, 3.63) is 12.2 Å². The summed E-state index contributed by atoms with van der Waals surface area (Å²) in [5, 5.41) is 8.24. The predicted molar refractivity (Wildman–Crippen MR) is 93.0 cm³/mol. The molecule has 0 N–H and O–H groups in total. The van der Waals surface area contributed by atoms with E-state index in [0.29, 0.717) is 6.42 Å². The van der Waals surface area contributed by atoms with Gasteiger partial charge >= 0.3 is 5.97 Å². The van der Waals surface area contributed by atoms with Gasteiger partial charge in [-0.3, -0.25) is 4.79 Å².